The molecule has 0 saturated carbocycles. The van der Waals surface area contributed by atoms with Crippen molar-refractivity contribution < 1.29 is 24.4 Å². The molecule has 0 amide bonds. The number of hydrogen-bond donors (Lipinski definition) is 4. The molecule has 55 heavy (non-hydrogen) atoms. The van der Waals surface area contributed by atoms with Crippen molar-refractivity contribution in [1.29, 1.82) is 5.26 Å². The first-order valence-corrected chi connectivity index (χ1v) is 19.2. The average molecular weight is 786 g/mol. The van der Waals surface area contributed by atoms with Crippen molar-refractivity contribution in [1.82, 2.24) is 25.4 Å². The van der Waals surface area contributed by atoms with E-state index in [0.29, 0.717) is 65.5 Å². The zero-order chi connectivity index (χ0) is 38.6. The molecular formula is C42H46Cl2N6O5. The quantitative estimate of drug-likeness (QED) is 0.0657. The first-order chi connectivity index (χ1) is 26.8. The van der Waals surface area contributed by atoms with Crippen molar-refractivity contribution >= 4 is 23.2 Å². The standard InChI is InChI=1S/C42H46Cl2N6O5/c1-28-31(7-4-8-35(28)36-9-5-11-39(42(36)44)53-14-6-12-46-23-34(52)25-51)27-55-41-17-40(54-26-30-15-29(18-45)19-47-20-30)32(16-37(41)43)24-50-13-3-2-10-38(50)33-21-48-49-22-33/h4-5,7-9,11,15-17,19-22,34,38,46,51-52H,2-3,6,10,12-14,23-27H2,1H3,(H,48,49). The molecule has 2 aromatic heterocycles. The fraction of sp³-hybridized carbons (Fsp3) is 0.357. The van der Waals surface area contributed by atoms with Crippen molar-refractivity contribution in [2.45, 2.75) is 64.5 Å². The van der Waals surface area contributed by atoms with Gasteiger partial charge in [0.1, 0.15) is 36.5 Å². The topological polar surface area (TPSA) is 149 Å². The van der Waals surface area contributed by atoms with Gasteiger partial charge in [-0.2, -0.15) is 10.4 Å². The summed E-state index contributed by atoms with van der Waals surface area (Å²) >= 11 is 13.9. The summed E-state index contributed by atoms with van der Waals surface area (Å²) < 4.78 is 18.9. The van der Waals surface area contributed by atoms with E-state index in [4.69, 9.17) is 42.5 Å². The number of benzene rings is 3. The summed E-state index contributed by atoms with van der Waals surface area (Å²) in [5.41, 5.74) is 7.13. The van der Waals surface area contributed by atoms with Crippen molar-refractivity contribution in [3.8, 4) is 34.4 Å². The predicted octanol–water partition coefficient (Wildman–Crippen LogP) is 7.56. The highest BCUT2D eigenvalue weighted by molar-refractivity contribution is 6.35. The Morgan fingerprint density at radius 2 is 1.82 bits per heavy atom. The van der Waals surface area contributed by atoms with Crippen molar-refractivity contribution in [3.63, 3.8) is 0 Å². The van der Waals surface area contributed by atoms with Crippen molar-refractivity contribution in [3.05, 3.63) is 123 Å². The fourth-order valence-corrected chi connectivity index (χ4v) is 7.31. The van der Waals surface area contributed by atoms with Gasteiger partial charge in [-0.25, -0.2) is 0 Å². The first kappa shape index (κ1) is 40.0. The molecule has 1 saturated heterocycles. The normalized spacial score (nSPS) is 15.0. The second-order valence-electron chi connectivity index (χ2n) is 13.6. The monoisotopic (exact) mass is 784 g/mol. The van der Waals surface area contributed by atoms with Gasteiger partial charge in [0.25, 0.3) is 0 Å². The average Bonchev–Trinajstić information content (AvgIpc) is 3.75. The molecule has 0 spiro atoms. The van der Waals surface area contributed by atoms with Gasteiger partial charge in [0, 0.05) is 66.0 Å². The van der Waals surface area contributed by atoms with Crippen LogP contribution in [0.3, 0.4) is 0 Å². The third kappa shape index (κ3) is 10.6. The zero-order valence-corrected chi connectivity index (χ0v) is 32.3. The maximum absolute atomic E-state index is 9.49. The molecule has 2 atom stereocenters. The van der Waals surface area contributed by atoms with Crippen LogP contribution >= 0.6 is 23.2 Å². The number of halogens is 2. The molecule has 0 aliphatic carbocycles. The van der Waals surface area contributed by atoms with E-state index in [1.54, 1.807) is 12.3 Å². The summed E-state index contributed by atoms with van der Waals surface area (Å²) in [6.45, 7) is 5.20. The van der Waals surface area contributed by atoms with Crippen molar-refractivity contribution in [2.24, 2.45) is 0 Å². The van der Waals surface area contributed by atoms with Crippen LogP contribution in [-0.4, -0.2) is 69.2 Å². The summed E-state index contributed by atoms with van der Waals surface area (Å²) in [5, 5.41) is 39.1. The number of aliphatic hydroxyl groups is 2. The molecule has 5 aromatic rings. The van der Waals surface area contributed by atoms with Crippen LogP contribution in [0.1, 0.15) is 65.1 Å². The molecule has 1 aliphatic rings. The molecule has 0 radical (unpaired) electrons. The van der Waals surface area contributed by atoms with Crippen LogP contribution in [0, 0.1) is 18.3 Å². The van der Waals surface area contributed by atoms with Gasteiger partial charge in [-0.15, -0.1) is 0 Å². The summed E-state index contributed by atoms with van der Waals surface area (Å²) in [4.78, 5) is 6.64. The molecule has 3 heterocycles. The summed E-state index contributed by atoms with van der Waals surface area (Å²) in [5.74, 6) is 1.73. The Hall–Kier alpha value is -4.67. The number of aromatic nitrogens is 3. The van der Waals surface area contributed by atoms with E-state index in [1.807, 2.05) is 67.8 Å². The molecule has 4 N–H and O–H groups in total. The number of nitriles is 1. The van der Waals surface area contributed by atoms with E-state index in [9.17, 15) is 10.4 Å². The molecule has 11 nitrogen and oxygen atoms in total. The number of pyridine rings is 1. The van der Waals surface area contributed by atoms with Gasteiger partial charge in [0.05, 0.1) is 41.1 Å². The number of nitrogens with one attached hydrogen (secondary N) is 2. The lowest BCUT2D eigenvalue weighted by Gasteiger charge is -2.35. The van der Waals surface area contributed by atoms with Crippen LogP contribution in [0.2, 0.25) is 10.0 Å². The second-order valence-corrected chi connectivity index (χ2v) is 14.4. The van der Waals surface area contributed by atoms with Crippen molar-refractivity contribution in [2.75, 3.05) is 32.8 Å². The highest BCUT2D eigenvalue weighted by Gasteiger charge is 2.26. The minimum absolute atomic E-state index is 0.220. The van der Waals surface area contributed by atoms with Crippen LogP contribution in [-0.2, 0) is 19.8 Å². The number of rotatable bonds is 18. The predicted molar refractivity (Wildman–Crippen MR) is 212 cm³/mol. The minimum atomic E-state index is -0.777. The van der Waals surface area contributed by atoms with Crippen LogP contribution in [0.15, 0.2) is 79.4 Å². The van der Waals surface area contributed by atoms with Gasteiger partial charge < -0.3 is 29.7 Å². The number of hydrogen-bond acceptors (Lipinski definition) is 10. The largest absolute Gasteiger partial charge is 0.492 e. The lowest BCUT2D eigenvalue weighted by molar-refractivity contribution is 0.0942. The Labute approximate surface area is 331 Å². The van der Waals surface area contributed by atoms with E-state index < -0.39 is 6.10 Å². The third-order valence-electron chi connectivity index (χ3n) is 9.75. The molecule has 3 aromatic carbocycles. The van der Waals surface area contributed by atoms with E-state index in [-0.39, 0.29) is 25.9 Å². The Bertz CT molecular complexity index is 2060. The smallest absolute Gasteiger partial charge is 0.142 e. The lowest BCUT2D eigenvalue weighted by atomic mass is 9.96. The number of aliphatic hydroxyl groups excluding tert-OH is 2. The molecule has 1 fully saturated rings. The van der Waals surface area contributed by atoms with Gasteiger partial charge in [0.15, 0.2) is 0 Å². The number of nitrogens with zero attached hydrogens (tertiary/aromatic N) is 4. The molecule has 288 valence electrons. The van der Waals surface area contributed by atoms with Gasteiger partial charge in [0.2, 0.25) is 0 Å². The van der Waals surface area contributed by atoms with Crippen LogP contribution in [0.5, 0.6) is 17.2 Å². The van der Waals surface area contributed by atoms with Crippen LogP contribution < -0.4 is 19.5 Å². The fourth-order valence-electron chi connectivity index (χ4n) is 6.78. The Morgan fingerprint density at radius 1 is 0.982 bits per heavy atom. The first-order valence-electron chi connectivity index (χ1n) is 18.5. The summed E-state index contributed by atoms with van der Waals surface area (Å²) in [7, 11) is 0. The number of aromatic amines is 1. The molecule has 1 aliphatic heterocycles. The van der Waals surface area contributed by atoms with Crippen LogP contribution in [0.25, 0.3) is 11.1 Å². The molecule has 0 bridgehead atoms. The minimum Gasteiger partial charge on any atom is -0.492 e. The van der Waals surface area contributed by atoms with Gasteiger partial charge in [-0.1, -0.05) is 60.0 Å². The summed E-state index contributed by atoms with van der Waals surface area (Å²) in [6.07, 6.45) is 10.3. The van der Waals surface area contributed by atoms with Gasteiger partial charge in [-0.3, -0.25) is 15.0 Å². The van der Waals surface area contributed by atoms with E-state index >= 15 is 0 Å². The second kappa shape index (κ2) is 19.8. The van der Waals surface area contributed by atoms with Gasteiger partial charge in [-0.05, 0) is 74.2 Å². The molecular weight excluding hydrogens is 739 g/mol. The Morgan fingerprint density at radius 3 is 2.64 bits per heavy atom. The number of ether oxygens (including phenoxy) is 3. The van der Waals surface area contributed by atoms with E-state index in [1.165, 1.54) is 6.20 Å². The van der Waals surface area contributed by atoms with Crippen LogP contribution in [0.4, 0.5) is 0 Å². The molecule has 13 heteroatoms. The maximum Gasteiger partial charge on any atom is 0.142 e. The Balaban J connectivity index is 1.19. The third-order valence-corrected chi connectivity index (χ3v) is 10.4. The Kier molecular flexibility index (Phi) is 14.4. The summed E-state index contributed by atoms with van der Waals surface area (Å²) in [6, 6.07) is 19.7. The number of likely N-dealkylation sites (tertiary alicyclic amines) is 1. The SMILES string of the molecule is Cc1c(COc2cc(OCc3cncc(C#N)c3)c(CN3CCCCC3c3cn[nH]c3)cc2Cl)cccc1-c1cccc(OCCCNCC(O)CO)c1Cl. The highest BCUT2D eigenvalue weighted by atomic mass is 35.5. The van der Waals surface area contributed by atoms with E-state index in [2.05, 4.69) is 31.5 Å². The van der Waals surface area contributed by atoms with Gasteiger partial charge >= 0.3 is 0 Å². The number of H-pyrrole nitrogens is 1. The lowest BCUT2D eigenvalue weighted by Crippen LogP contribution is -2.32. The highest BCUT2D eigenvalue weighted by Crippen LogP contribution is 2.40. The number of piperidine rings is 1. The maximum atomic E-state index is 9.49. The molecule has 6 rings (SSSR count). The molecule has 2 unspecified atom stereocenters. The van der Waals surface area contributed by atoms with E-state index in [0.717, 1.165) is 64.8 Å². The zero-order valence-electron chi connectivity index (χ0n) is 30.8.